The number of nitrogens with zero attached hydrogens (tertiary/aromatic N) is 2. The van der Waals surface area contributed by atoms with Crippen LogP contribution < -0.4 is 10.6 Å². The molecule has 46 heavy (non-hydrogen) atoms. The van der Waals surface area contributed by atoms with Crippen LogP contribution in [0.25, 0.3) is 11.1 Å². The zero-order valence-corrected chi connectivity index (χ0v) is 25.9. The molecule has 2 heterocycles. The highest BCUT2D eigenvalue weighted by molar-refractivity contribution is 5.92. The largest absolute Gasteiger partial charge is 0.459 e. The lowest BCUT2D eigenvalue weighted by Gasteiger charge is -2.37. The average Bonchev–Trinajstić information content (AvgIpc) is 3.46. The van der Waals surface area contributed by atoms with Gasteiger partial charge in [-0.2, -0.15) is 0 Å². The summed E-state index contributed by atoms with van der Waals surface area (Å²) >= 11 is 0. The van der Waals surface area contributed by atoms with Crippen LogP contribution in [-0.4, -0.2) is 79.9 Å². The van der Waals surface area contributed by atoms with Gasteiger partial charge in [-0.3, -0.25) is 14.9 Å². The number of carbonyl (C=O) groups is 1. The van der Waals surface area contributed by atoms with Crippen molar-refractivity contribution in [1.29, 1.82) is 0 Å². The molecular weight excluding hydrogens is 592 g/mol. The van der Waals surface area contributed by atoms with E-state index >= 15 is 0 Å². The highest BCUT2D eigenvalue weighted by Gasteiger charge is 2.39. The van der Waals surface area contributed by atoms with Gasteiger partial charge < -0.3 is 34.7 Å². The van der Waals surface area contributed by atoms with Crippen LogP contribution in [-0.2, 0) is 30.2 Å². The maximum Gasteiger partial charge on any atom is 0.287 e. The topological polar surface area (TPSA) is 154 Å². The third kappa shape index (κ3) is 8.07. The molecule has 1 aromatic heterocycles. The van der Waals surface area contributed by atoms with Crippen molar-refractivity contribution in [2.45, 2.75) is 32.0 Å². The molecule has 5 rings (SSSR count). The molecule has 0 saturated heterocycles. The Kier molecular flexibility index (Phi) is 11.7. The molecule has 3 atom stereocenters. The Morgan fingerprint density at radius 1 is 1.04 bits per heavy atom. The summed E-state index contributed by atoms with van der Waals surface area (Å²) in [6.45, 7) is 4.42. The van der Waals surface area contributed by atoms with E-state index in [1.807, 2.05) is 13.0 Å². The maximum atomic E-state index is 13.4. The molecule has 2 aromatic carbocycles. The van der Waals surface area contributed by atoms with Gasteiger partial charge in [0, 0.05) is 44.2 Å². The molecule has 0 spiro atoms. The molecule has 2 aliphatic rings. The number of aliphatic hydroxyl groups excluding tert-OH is 1. The maximum absolute atomic E-state index is 13.4. The van der Waals surface area contributed by atoms with Crippen LogP contribution in [0, 0.1) is 16.0 Å². The van der Waals surface area contributed by atoms with E-state index in [2.05, 4.69) is 58.1 Å². The number of pyridine rings is 1. The lowest BCUT2D eigenvalue weighted by atomic mass is 9.78. The van der Waals surface area contributed by atoms with Crippen LogP contribution in [0.3, 0.4) is 0 Å². The van der Waals surface area contributed by atoms with E-state index in [1.54, 1.807) is 0 Å². The summed E-state index contributed by atoms with van der Waals surface area (Å²) in [6.07, 6.45) is 3.85. The number of hydrogen-bond acceptors (Lipinski definition) is 10. The molecule has 0 bridgehead atoms. The normalized spacial score (nSPS) is 18.2. The van der Waals surface area contributed by atoms with Gasteiger partial charge in [0.25, 0.3) is 11.6 Å². The summed E-state index contributed by atoms with van der Waals surface area (Å²) in [5.41, 5.74) is 5.99. The summed E-state index contributed by atoms with van der Waals surface area (Å²) < 4.78 is 23.5. The highest BCUT2D eigenvalue weighted by Crippen LogP contribution is 2.45. The van der Waals surface area contributed by atoms with Crippen molar-refractivity contribution in [2.75, 3.05) is 58.0 Å². The molecule has 12 nitrogen and oxygen atoms in total. The second-order valence-corrected chi connectivity index (χ2v) is 10.9. The van der Waals surface area contributed by atoms with Crippen molar-refractivity contribution in [1.82, 2.24) is 10.3 Å². The van der Waals surface area contributed by atoms with Crippen LogP contribution in [0.1, 0.15) is 36.0 Å². The molecule has 1 aliphatic heterocycles. The van der Waals surface area contributed by atoms with E-state index in [9.17, 15) is 14.9 Å². The van der Waals surface area contributed by atoms with Gasteiger partial charge in [-0.05, 0) is 59.7 Å². The minimum absolute atomic E-state index is 0.0296. The van der Waals surface area contributed by atoms with Crippen molar-refractivity contribution in [3.8, 4) is 11.1 Å². The Bertz CT molecular complexity index is 1510. The molecule has 1 aliphatic carbocycles. The first-order valence-corrected chi connectivity index (χ1v) is 15.6. The van der Waals surface area contributed by atoms with Crippen LogP contribution in [0.2, 0.25) is 0 Å². The van der Waals surface area contributed by atoms with Crippen molar-refractivity contribution in [3.05, 3.63) is 99.4 Å². The second kappa shape index (κ2) is 16.3. The molecule has 0 fully saturated rings. The van der Waals surface area contributed by atoms with Gasteiger partial charge in [0.05, 0.1) is 31.4 Å². The smallest absolute Gasteiger partial charge is 0.287 e. The van der Waals surface area contributed by atoms with Gasteiger partial charge in [0.1, 0.15) is 12.0 Å². The van der Waals surface area contributed by atoms with E-state index in [-0.39, 0.29) is 48.9 Å². The fraction of sp³-hybridized carbons (Fsp3) is 0.412. The number of carbonyl (C=O) groups excluding carboxylic acids is 1. The molecule has 0 unspecified atom stereocenters. The number of nitro groups is 1. The van der Waals surface area contributed by atoms with Crippen molar-refractivity contribution in [3.63, 3.8) is 0 Å². The minimum Gasteiger partial charge on any atom is -0.459 e. The molecule has 1 amide bonds. The fourth-order valence-corrected chi connectivity index (χ4v) is 5.95. The van der Waals surface area contributed by atoms with Crippen LogP contribution in [0.5, 0.6) is 0 Å². The van der Waals surface area contributed by atoms with E-state index in [4.69, 9.17) is 24.1 Å². The number of anilines is 1. The van der Waals surface area contributed by atoms with E-state index in [1.165, 1.54) is 40.6 Å². The monoisotopic (exact) mass is 632 g/mol. The molecule has 244 valence electrons. The van der Waals surface area contributed by atoms with Crippen molar-refractivity contribution < 1.29 is 33.8 Å². The predicted molar refractivity (Wildman–Crippen MR) is 171 cm³/mol. The van der Waals surface area contributed by atoms with E-state index < -0.39 is 11.2 Å². The van der Waals surface area contributed by atoms with Gasteiger partial charge in [-0.1, -0.05) is 42.5 Å². The zero-order valence-electron chi connectivity index (χ0n) is 25.9. The van der Waals surface area contributed by atoms with Gasteiger partial charge in [0.2, 0.25) is 6.29 Å². The third-order valence-electron chi connectivity index (χ3n) is 8.06. The van der Waals surface area contributed by atoms with Gasteiger partial charge >= 0.3 is 0 Å². The molecular formula is C34H40N4O8. The summed E-state index contributed by atoms with van der Waals surface area (Å²) in [5, 5.41) is 25.7. The highest BCUT2D eigenvalue weighted by atomic mass is 16.7. The number of nitrogens with one attached hydrogen (secondary N) is 2. The summed E-state index contributed by atoms with van der Waals surface area (Å²) in [5.74, 6) is -0.000283. The van der Waals surface area contributed by atoms with E-state index in [0.717, 1.165) is 12.0 Å². The summed E-state index contributed by atoms with van der Waals surface area (Å²) in [7, 11) is 0. The fourth-order valence-electron chi connectivity index (χ4n) is 5.95. The molecule has 3 N–H and O–H groups in total. The predicted octanol–water partition coefficient (Wildman–Crippen LogP) is 4.18. The summed E-state index contributed by atoms with van der Waals surface area (Å²) in [6, 6.07) is 17.7. The van der Waals surface area contributed by atoms with Crippen LogP contribution in [0.4, 0.5) is 11.5 Å². The average molecular weight is 633 g/mol. The summed E-state index contributed by atoms with van der Waals surface area (Å²) in [4.78, 5) is 27.8. The SMILES string of the molecule is CCO[C@H]1OC(C(=O)NCCNc2ccc([N+](=O)[O-])cn2)=C[C@@H](c2cccc3c2Cc2ccccc2-3)[C@@H]1CCOCCOCCO. The Labute approximate surface area is 267 Å². The number of rotatable bonds is 17. The number of aliphatic hydroxyl groups is 1. The van der Waals surface area contributed by atoms with Gasteiger partial charge in [0.15, 0.2) is 5.76 Å². The van der Waals surface area contributed by atoms with Gasteiger partial charge in [-0.15, -0.1) is 0 Å². The lowest BCUT2D eigenvalue weighted by molar-refractivity contribution is -0.385. The number of fused-ring (bicyclic) bond motifs is 3. The number of aromatic nitrogens is 1. The first-order valence-electron chi connectivity index (χ1n) is 15.6. The van der Waals surface area contributed by atoms with Gasteiger partial charge in [-0.25, -0.2) is 4.98 Å². The third-order valence-corrected chi connectivity index (χ3v) is 8.06. The first kappa shape index (κ1) is 33.0. The Morgan fingerprint density at radius 3 is 2.61 bits per heavy atom. The number of hydrogen-bond donors (Lipinski definition) is 3. The zero-order chi connectivity index (χ0) is 32.3. The number of allylic oxidation sites excluding steroid dienone is 1. The molecule has 12 heteroatoms. The number of benzene rings is 2. The first-order chi connectivity index (χ1) is 22.5. The molecule has 0 radical (unpaired) electrons. The molecule has 3 aromatic rings. The Hall–Kier alpha value is -4.36. The van der Waals surface area contributed by atoms with E-state index in [0.29, 0.717) is 45.2 Å². The number of ether oxygens (including phenoxy) is 4. The standard InChI is InChI=1S/C34H40N4O8/c1-2-45-34-28(12-16-43-18-19-44-17-15-39)30(27-9-5-8-26-25-7-4-3-6-23(25)20-29(26)27)21-31(46-34)33(40)36-14-13-35-32-11-10-24(22-37-32)38(41)42/h3-11,21-22,28,30,34,39H,2,12-20H2,1H3,(H,35,37)(H,36,40)/t28-,30-,34-/m0/s1. The Morgan fingerprint density at radius 2 is 1.85 bits per heavy atom. The van der Waals surface area contributed by atoms with Crippen LogP contribution in [0.15, 0.2) is 72.6 Å². The second-order valence-electron chi connectivity index (χ2n) is 10.9. The van der Waals surface area contributed by atoms with Crippen molar-refractivity contribution in [2.24, 2.45) is 5.92 Å². The molecule has 0 saturated carbocycles. The Balaban J connectivity index is 1.33. The van der Waals surface area contributed by atoms with Crippen LogP contribution >= 0.6 is 0 Å². The minimum atomic E-state index is -0.669. The van der Waals surface area contributed by atoms with Crippen molar-refractivity contribution >= 4 is 17.4 Å². The lowest BCUT2D eigenvalue weighted by Crippen LogP contribution is -2.40. The number of amides is 1. The quantitative estimate of drug-likeness (QED) is 0.0877.